The molecule has 188 valence electrons. The van der Waals surface area contributed by atoms with Gasteiger partial charge in [-0.25, -0.2) is 0 Å². The van der Waals surface area contributed by atoms with Crippen molar-refractivity contribution in [3.8, 4) is 5.88 Å². The summed E-state index contributed by atoms with van der Waals surface area (Å²) >= 11 is 1.74. The minimum Gasteiger partial charge on any atom is -0.474 e. The van der Waals surface area contributed by atoms with Crippen LogP contribution in [-0.2, 0) is 0 Å². The summed E-state index contributed by atoms with van der Waals surface area (Å²) in [6, 6.07) is 0.306. The van der Waals surface area contributed by atoms with E-state index in [4.69, 9.17) is 9.26 Å². The fourth-order valence-corrected chi connectivity index (χ4v) is 9.03. The molecule has 0 aromatic carbocycles. The Labute approximate surface area is 208 Å². The van der Waals surface area contributed by atoms with Gasteiger partial charge in [0, 0.05) is 11.8 Å². The number of nitrogens with one attached hydrogen (secondary N) is 2. The fraction of sp³-hybridized carbons (Fsp3) is 0.852. The lowest BCUT2D eigenvalue weighted by atomic mass is 9.54. The molecule has 7 heteroatoms. The smallest absolute Gasteiger partial charge is 0.291 e. The topological polar surface area (TPSA) is 76.4 Å². The molecular weight excluding hydrogens is 446 g/mol. The van der Waals surface area contributed by atoms with Gasteiger partial charge < -0.3 is 19.9 Å². The quantitative estimate of drug-likeness (QED) is 0.486. The molecule has 2 heterocycles. The first-order chi connectivity index (χ1) is 16.7. The van der Waals surface area contributed by atoms with Crippen LogP contribution in [0, 0.1) is 35.5 Å². The van der Waals surface area contributed by atoms with Crippen LogP contribution in [0.5, 0.6) is 5.88 Å². The van der Waals surface area contributed by atoms with Crippen LogP contribution in [0.3, 0.4) is 0 Å². The largest absolute Gasteiger partial charge is 0.474 e. The number of amides is 1. The van der Waals surface area contributed by atoms with Gasteiger partial charge in [0.1, 0.15) is 4.90 Å². The molecule has 1 saturated heterocycles. The Hall–Kier alpha value is -1.21. The van der Waals surface area contributed by atoms with E-state index in [0.29, 0.717) is 48.0 Å². The Bertz CT molecular complexity index is 818. The summed E-state index contributed by atoms with van der Waals surface area (Å²) in [6.07, 6.45) is 15.5. The van der Waals surface area contributed by atoms with Crippen molar-refractivity contribution in [1.29, 1.82) is 0 Å². The van der Waals surface area contributed by atoms with Crippen molar-refractivity contribution in [2.75, 3.05) is 25.4 Å². The van der Waals surface area contributed by atoms with Crippen molar-refractivity contribution in [1.82, 2.24) is 15.8 Å². The zero-order valence-electron chi connectivity index (χ0n) is 20.4. The second kappa shape index (κ2) is 10.4. The van der Waals surface area contributed by atoms with Crippen LogP contribution < -0.4 is 15.4 Å². The first-order valence-corrected chi connectivity index (χ1v) is 15.0. The van der Waals surface area contributed by atoms with Gasteiger partial charge in [0.15, 0.2) is 0 Å². The second-order valence-corrected chi connectivity index (χ2v) is 12.9. The molecule has 2 N–H and O–H groups in total. The van der Waals surface area contributed by atoms with E-state index in [9.17, 15) is 4.79 Å². The number of hydrogen-bond acceptors (Lipinski definition) is 6. The number of nitrogens with zero attached hydrogens (tertiary/aromatic N) is 1. The fourth-order valence-electron chi connectivity index (χ4n) is 7.81. The zero-order valence-corrected chi connectivity index (χ0v) is 21.3. The number of thioether (sulfide) groups is 1. The summed E-state index contributed by atoms with van der Waals surface area (Å²) in [5, 5.41) is 11.1. The van der Waals surface area contributed by atoms with Crippen LogP contribution >= 0.6 is 11.8 Å². The lowest BCUT2D eigenvalue weighted by Crippen LogP contribution is -2.55. The SMILES string of the molecule is O=C(NC1C2CC3CC(C2)CC1C3)c1onc(OCC2CCNCC2)c1SCC1CCCCC1. The maximum absolute atomic E-state index is 13.5. The van der Waals surface area contributed by atoms with E-state index < -0.39 is 0 Å². The second-order valence-electron chi connectivity index (χ2n) is 11.9. The molecule has 1 amide bonds. The highest BCUT2D eigenvalue weighted by Crippen LogP contribution is 2.53. The van der Waals surface area contributed by atoms with E-state index in [0.717, 1.165) is 48.4 Å². The Morgan fingerprint density at radius 3 is 2.38 bits per heavy atom. The van der Waals surface area contributed by atoms with Crippen LogP contribution in [0.1, 0.15) is 87.6 Å². The third kappa shape index (κ3) is 5.02. The van der Waals surface area contributed by atoms with Gasteiger partial charge in [-0.3, -0.25) is 4.79 Å². The molecule has 7 rings (SSSR count). The third-order valence-electron chi connectivity index (χ3n) is 9.45. The molecular formula is C27H41N3O3S. The molecule has 1 aromatic heterocycles. The van der Waals surface area contributed by atoms with Gasteiger partial charge in [-0.05, 0) is 112 Å². The molecule has 5 aliphatic carbocycles. The van der Waals surface area contributed by atoms with Crippen LogP contribution in [0.25, 0.3) is 0 Å². The zero-order chi connectivity index (χ0) is 22.9. The van der Waals surface area contributed by atoms with Crippen LogP contribution in [0.4, 0.5) is 0 Å². The molecule has 1 aliphatic heterocycles. The van der Waals surface area contributed by atoms with Gasteiger partial charge >= 0.3 is 0 Å². The van der Waals surface area contributed by atoms with E-state index in [1.54, 1.807) is 11.8 Å². The van der Waals surface area contributed by atoms with Gasteiger partial charge in [0.25, 0.3) is 11.8 Å². The van der Waals surface area contributed by atoms with Crippen molar-refractivity contribution < 1.29 is 14.1 Å². The summed E-state index contributed by atoms with van der Waals surface area (Å²) < 4.78 is 11.9. The number of carbonyl (C=O) groups excluding carboxylic acids is 1. The molecule has 1 aromatic rings. The molecule has 4 bridgehead atoms. The van der Waals surface area contributed by atoms with Crippen molar-refractivity contribution in [2.24, 2.45) is 35.5 Å². The highest BCUT2D eigenvalue weighted by atomic mass is 32.2. The predicted molar refractivity (Wildman–Crippen MR) is 133 cm³/mol. The molecule has 0 atom stereocenters. The maximum Gasteiger partial charge on any atom is 0.291 e. The normalized spacial score (nSPS) is 33.8. The van der Waals surface area contributed by atoms with Crippen molar-refractivity contribution in [3.63, 3.8) is 0 Å². The van der Waals surface area contributed by atoms with E-state index >= 15 is 0 Å². The first kappa shape index (κ1) is 23.2. The molecule has 0 unspecified atom stereocenters. The minimum absolute atomic E-state index is 0.0761. The summed E-state index contributed by atoms with van der Waals surface area (Å²) in [6.45, 7) is 2.76. The number of carbonyl (C=O) groups is 1. The average Bonchev–Trinajstić information content (AvgIpc) is 3.27. The van der Waals surface area contributed by atoms with Gasteiger partial charge in [-0.2, -0.15) is 0 Å². The molecule has 0 radical (unpaired) electrons. The lowest BCUT2D eigenvalue weighted by molar-refractivity contribution is -0.0124. The predicted octanol–water partition coefficient (Wildman–Crippen LogP) is 5.28. The summed E-state index contributed by atoms with van der Waals surface area (Å²) in [5.41, 5.74) is 0. The maximum atomic E-state index is 13.5. The van der Waals surface area contributed by atoms with Crippen LogP contribution in [-0.4, -0.2) is 42.6 Å². The molecule has 6 nitrogen and oxygen atoms in total. The Balaban J connectivity index is 1.15. The lowest BCUT2D eigenvalue weighted by Gasteiger charge is -2.54. The van der Waals surface area contributed by atoms with E-state index in [1.807, 2.05) is 0 Å². The average molecular weight is 488 g/mol. The Morgan fingerprint density at radius 2 is 1.68 bits per heavy atom. The van der Waals surface area contributed by atoms with Crippen molar-refractivity contribution in [2.45, 2.75) is 88.0 Å². The van der Waals surface area contributed by atoms with Gasteiger partial charge in [0.2, 0.25) is 5.76 Å². The molecule has 6 fully saturated rings. The van der Waals surface area contributed by atoms with Crippen molar-refractivity contribution in [3.05, 3.63) is 5.76 Å². The van der Waals surface area contributed by atoms with Gasteiger partial charge in [-0.1, -0.05) is 19.3 Å². The standard InChI is InChI=1S/C27H41N3O3S/c31-26(29-23-21-11-19-10-20(13-21)14-22(23)12-19)24-25(34-16-18-4-2-1-3-5-18)27(30-33-24)32-15-17-6-8-28-9-7-17/h17-23,28H,1-16H2,(H,29,31). The minimum atomic E-state index is -0.0761. The summed E-state index contributed by atoms with van der Waals surface area (Å²) in [7, 11) is 0. The molecule has 6 aliphatic rings. The van der Waals surface area contributed by atoms with Crippen molar-refractivity contribution >= 4 is 17.7 Å². The molecule has 5 saturated carbocycles. The van der Waals surface area contributed by atoms with E-state index in [-0.39, 0.29) is 5.91 Å². The van der Waals surface area contributed by atoms with Crippen LogP contribution in [0.2, 0.25) is 0 Å². The highest BCUT2D eigenvalue weighted by molar-refractivity contribution is 7.99. The van der Waals surface area contributed by atoms with Gasteiger partial charge in [-0.15, -0.1) is 11.8 Å². The van der Waals surface area contributed by atoms with Gasteiger partial charge in [0.05, 0.1) is 6.61 Å². The van der Waals surface area contributed by atoms with E-state index in [1.165, 1.54) is 64.2 Å². The molecule has 34 heavy (non-hydrogen) atoms. The summed E-state index contributed by atoms with van der Waals surface area (Å²) in [5.74, 6) is 6.22. The van der Waals surface area contributed by atoms with E-state index in [2.05, 4.69) is 15.8 Å². The summed E-state index contributed by atoms with van der Waals surface area (Å²) in [4.78, 5) is 14.3. The monoisotopic (exact) mass is 487 g/mol. The number of piperidine rings is 1. The number of ether oxygens (including phenoxy) is 1. The Morgan fingerprint density at radius 1 is 0.971 bits per heavy atom. The molecule has 0 spiro atoms. The number of hydrogen-bond donors (Lipinski definition) is 2. The third-order valence-corrected chi connectivity index (χ3v) is 10.7. The Kier molecular flexibility index (Phi) is 7.11. The number of rotatable bonds is 8. The highest BCUT2D eigenvalue weighted by Gasteiger charge is 2.49. The first-order valence-electron chi connectivity index (χ1n) is 14.0. The number of aromatic nitrogens is 1. The van der Waals surface area contributed by atoms with Crippen LogP contribution in [0.15, 0.2) is 9.42 Å².